The number of halogens is 1. The number of nitrogens with two attached hydrogens (primary N) is 1. The van der Waals surface area contributed by atoms with Gasteiger partial charge >= 0.3 is 0 Å². The van der Waals surface area contributed by atoms with Crippen LogP contribution in [-0.4, -0.2) is 17.6 Å². The Morgan fingerprint density at radius 3 is 2.87 bits per heavy atom. The van der Waals surface area contributed by atoms with Crippen molar-refractivity contribution in [2.45, 2.75) is 12.8 Å². The fourth-order valence-corrected chi connectivity index (χ4v) is 1.05. The minimum Gasteiger partial charge on any atom is -0.491 e. The first-order valence-electron chi connectivity index (χ1n) is 4.57. The predicted molar refractivity (Wildman–Crippen MR) is 54.5 cm³/mol. The summed E-state index contributed by atoms with van der Waals surface area (Å²) >= 11 is 0. The van der Waals surface area contributed by atoms with Crippen LogP contribution in [0.25, 0.3) is 0 Å². The summed E-state index contributed by atoms with van der Waals surface area (Å²) in [4.78, 5) is 0. The van der Waals surface area contributed by atoms with E-state index < -0.39 is 0 Å². The average Bonchev–Trinajstić information content (AvgIpc) is 2.26. The van der Waals surface area contributed by atoms with Crippen molar-refractivity contribution in [3.8, 4) is 5.75 Å². The molecular weight excluding hydrogens is 199 g/mol. The SMILES string of the molecule is N/C(CCCOc1ccccc1F)=N\O. The molecule has 0 unspecified atom stereocenters. The van der Waals surface area contributed by atoms with Gasteiger partial charge in [0.15, 0.2) is 11.6 Å². The van der Waals surface area contributed by atoms with Gasteiger partial charge in [0.25, 0.3) is 0 Å². The van der Waals surface area contributed by atoms with Gasteiger partial charge in [-0.2, -0.15) is 0 Å². The molecule has 0 atom stereocenters. The molecule has 0 saturated carbocycles. The van der Waals surface area contributed by atoms with Crippen LogP contribution in [0.5, 0.6) is 5.75 Å². The molecule has 0 saturated heterocycles. The monoisotopic (exact) mass is 212 g/mol. The summed E-state index contributed by atoms with van der Waals surface area (Å²) < 4.78 is 18.2. The Labute approximate surface area is 87.2 Å². The molecule has 15 heavy (non-hydrogen) atoms. The standard InChI is InChI=1S/C10H13FN2O2/c11-8-4-1-2-5-9(8)15-7-3-6-10(12)13-14/h1-2,4-5,14H,3,6-7H2,(H2,12,13). The molecule has 0 fully saturated rings. The lowest BCUT2D eigenvalue weighted by Crippen LogP contribution is -2.12. The van der Waals surface area contributed by atoms with Gasteiger partial charge in [-0.05, 0) is 18.6 Å². The Morgan fingerprint density at radius 2 is 2.20 bits per heavy atom. The van der Waals surface area contributed by atoms with E-state index in [0.717, 1.165) is 0 Å². The van der Waals surface area contributed by atoms with E-state index in [1.807, 2.05) is 0 Å². The highest BCUT2D eigenvalue weighted by molar-refractivity contribution is 5.79. The zero-order chi connectivity index (χ0) is 11.1. The molecule has 0 amide bonds. The minimum atomic E-state index is -0.388. The molecular formula is C10H13FN2O2. The van der Waals surface area contributed by atoms with Gasteiger partial charge in [-0.15, -0.1) is 0 Å². The van der Waals surface area contributed by atoms with Crippen LogP contribution in [0.4, 0.5) is 4.39 Å². The van der Waals surface area contributed by atoms with Gasteiger partial charge in [-0.1, -0.05) is 17.3 Å². The van der Waals surface area contributed by atoms with Crippen LogP contribution >= 0.6 is 0 Å². The molecule has 0 aliphatic carbocycles. The Hall–Kier alpha value is -1.78. The number of hydrogen-bond donors (Lipinski definition) is 2. The fraction of sp³-hybridized carbons (Fsp3) is 0.300. The highest BCUT2D eigenvalue weighted by atomic mass is 19.1. The van der Waals surface area contributed by atoms with Crippen LogP contribution in [0.1, 0.15) is 12.8 Å². The Kier molecular flexibility index (Phi) is 4.40. The van der Waals surface area contributed by atoms with E-state index in [4.69, 9.17) is 15.7 Å². The van der Waals surface area contributed by atoms with Crippen molar-refractivity contribution in [3.05, 3.63) is 30.1 Å². The fourth-order valence-electron chi connectivity index (χ4n) is 1.05. The van der Waals surface area contributed by atoms with Crippen molar-refractivity contribution in [3.63, 3.8) is 0 Å². The van der Waals surface area contributed by atoms with Gasteiger partial charge in [-0.25, -0.2) is 4.39 Å². The smallest absolute Gasteiger partial charge is 0.165 e. The third kappa shape index (κ3) is 3.84. The Bertz CT molecular complexity index is 342. The molecule has 0 spiro atoms. The summed E-state index contributed by atoms with van der Waals surface area (Å²) in [5.41, 5.74) is 5.25. The van der Waals surface area contributed by atoms with Gasteiger partial charge in [0.05, 0.1) is 6.61 Å². The maximum Gasteiger partial charge on any atom is 0.165 e. The Balaban J connectivity index is 2.29. The molecule has 1 aromatic rings. The molecule has 4 nitrogen and oxygen atoms in total. The molecule has 5 heteroatoms. The number of benzene rings is 1. The molecule has 82 valence electrons. The number of para-hydroxylation sites is 1. The number of oxime groups is 1. The lowest BCUT2D eigenvalue weighted by atomic mass is 10.3. The van der Waals surface area contributed by atoms with E-state index in [-0.39, 0.29) is 17.4 Å². The van der Waals surface area contributed by atoms with E-state index in [2.05, 4.69) is 5.16 Å². The van der Waals surface area contributed by atoms with E-state index in [9.17, 15) is 4.39 Å². The second-order valence-electron chi connectivity index (χ2n) is 2.97. The molecule has 1 aromatic carbocycles. The lowest BCUT2D eigenvalue weighted by molar-refractivity contribution is 0.294. The quantitative estimate of drug-likeness (QED) is 0.257. The zero-order valence-electron chi connectivity index (χ0n) is 8.19. The van der Waals surface area contributed by atoms with E-state index >= 15 is 0 Å². The third-order valence-corrected chi connectivity index (χ3v) is 1.80. The summed E-state index contributed by atoms with van der Waals surface area (Å²) in [6.45, 7) is 0.331. The number of hydrogen-bond acceptors (Lipinski definition) is 3. The van der Waals surface area contributed by atoms with Crippen molar-refractivity contribution in [1.82, 2.24) is 0 Å². The van der Waals surface area contributed by atoms with Crippen LogP contribution in [0, 0.1) is 5.82 Å². The highest BCUT2D eigenvalue weighted by Crippen LogP contribution is 2.15. The topological polar surface area (TPSA) is 67.8 Å². The molecule has 0 radical (unpaired) electrons. The van der Waals surface area contributed by atoms with Gasteiger partial charge < -0.3 is 15.7 Å². The first-order valence-corrected chi connectivity index (χ1v) is 4.57. The summed E-state index contributed by atoms with van der Waals surface area (Å²) in [6.07, 6.45) is 0.995. The van der Waals surface area contributed by atoms with E-state index in [1.165, 1.54) is 6.07 Å². The number of amidine groups is 1. The van der Waals surface area contributed by atoms with Crippen LogP contribution in [0.3, 0.4) is 0 Å². The molecule has 3 N–H and O–H groups in total. The largest absolute Gasteiger partial charge is 0.491 e. The lowest BCUT2D eigenvalue weighted by Gasteiger charge is -2.05. The first kappa shape index (κ1) is 11.3. The molecule has 1 rings (SSSR count). The summed E-state index contributed by atoms with van der Waals surface area (Å²) in [5, 5.41) is 11.1. The molecule has 0 bridgehead atoms. The van der Waals surface area contributed by atoms with Gasteiger partial charge in [0.1, 0.15) is 5.84 Å². The van der Waals surface area contributed by atoms with Crippen molar-refractivity contribution >= 4 is 5.84 Å². The maximum atomic E-state index is 13.0. The second kappa shape index (κ2) is 5.85. The average molecular weight is 212 g/mol. The first-order chi connectivity index (χ1) is 7.24. The minimum absolute atomic E-state index is 0.145. The van der Waals surface area contributed by atoms with Crippen LogP contribution in [0.15, 0.2) is 29.4 Å². The van der Waals surface area contributed by atoms with E-state index in [0.29, 0.717) is 19.4 Å². The Morgan fingerprint density at radius 1 is 1.47 bits per heavy atom. The van der Waals surface area contributed by atoms with Crippen molar-refractivity contribution < 1.29 is 14.3 Å². The molecule has 0 aromatic heterocycles. The van der Waals surface area contributed by atoms with E-state index in [1.54, 1.807) is 18.2 Å². The number of ether oxygens (including phenoxy) is 1. The molecule has 0 heterocycles. The zero-order valence-corrected chi connectivity index (χ0v) is 8.19. The van der Waals surface area contributed by atoms with Crippen LogP contribution in [-0.2, 0) is 0 Å². The second-order valence-corrected chi connectivity index (χ2v) is 2.97. The van der Waals surface area contributed by atoms with Crippen LogP contribution in [0.2, 0.25) is 0 Å². The maximum absolute atomic E-state index is 13.0. The van der Waals surface area contributed by atoms with Crippen molar-refractivity contribution in [2.24, 2.45) is 10.9 Å². The van der Waals surface area contributed by atoms with Gasteiger partial charge in [0.2, 0.25) is 0 Å². The summed E-state index contributed by atoms with van der Waals surface area (Å²) in [7, 11) is 0. The van der Waals surface area contributed by atoms with Crippen LogP contribution < -0.4 is 10.5 Å². The molecule has 0 aliphatic rings. The molecule has 0 aliphatic heterocycles. The van der Waals surface area contributed by atoms with Gasteiger partial charge in [0, 0.05) is 6.42 Å². The highest BCUT2D eigenvalue weighted by Gasteiger charge is 2.01. The third-order valence-electron chi connectivity index (χ3n) is 1.80. The number of rotatable bonds is 5. The van der Waals surface area contributed by atoms with Crippen molar-refractivity contribution in [2.75, 3.05) is 6.61 Å². The summed E-state index contributed by atoms with van der Waals surface area (Å²) in [5.74, 6) is -0.0227. The number of nitrogens with zero attached hydrogens (tertiary/aromatic N) is 1. The predicted octanol–water partition coefficient (Wildman–Crippen LogP) is 1.73. The normalized spacial score (nSPS) is 11.4. The summed E-state index contributed by atoms with van der Waals surface area (Å²) in [6, 6.07) is 6.18. The van der Waals surface area contributed by atoms with Gasteiger partial charge in [-0.3, -0.25) is 0 Å². The van der Waals surface area contributed by atoms with Crippen molar-refractivity contribution in [1.29, 1.82) is 0 Å².